The Morgan fingerprint density at radius 3 is 2.50 bits per heavy atom. The van der Waals surface area contributed by atoms with Crippen molar-refractivity contribution in [2.24, 2.45) is 0 Å². The Hall–Kier alpha value is -1.17. The predicted octanol–water partition coefficient (Wildman–Crippen LogP) is 1.98. The van der Waals surface area contributed by atoms with Crippen LogP contribution in [0.25, 0.3) is 0 Å². The summed E-state index contributed by atoms with van der Waals surface area (Å²) in [6, 6.07) is 3.71. The largest absolute Gasteiger partial charge is 0.487 e. The number of likely N-dealkylation sites (N-methyl/N-ethyl adjacent to an activating group) is 1. The smallest absolute Gasteiger partial charge is 0.138 e. The highest BCUT2D eigenvalue weighted by Gasteiger charge is 2.24. The van der Waals surface area contributed by atoms with Gasteiger partial charge in [0.15, 0.2) is 0 Å². The lowest BCUT2D eigenvalue weighted by molar-refractivity contribution is 0.106. The second-order valence-corrected chi connectivity index (χ2v) is 6.98. The van der Waals surface area contributed by atoms with Crippen molar-refractivity contribution in [3.63, 3.8) is 0 Å². The number of aliphatic hydroxyl groups excluding tert-OH is 1. The SMILES string of the molecule is CNC(CN1CCCC1)C(O)c1ccc(OC(C)(C)C)cn1. The summed E-state index contributed by atoms with van der Waals surface area (Å²) in [5.74, 6) is 0.726. The molecule has 1 fully saturated rings. The number of ether oxygens (including phenoxy) is 1. The molecule has 0 amide bonds. The molecule has 5 heteroatoms. The molecule has 1 aliphatic rings. The number of hydrogen-bond donors (Lipinski definition) is 2. The Balaban J connectivity index is 1.99. The summed E-state index contributed by atoms with van der Waals surface area (Å²) in [6.07, 6.45) is 3.58. The second-order valence-electron chi connectivity index (χ2n) is 6.98. The van der Waals surface area contributed by atoms with E-state index in [2.05, 4.69) is 15.2 Å². The summed E-state index contributed by atoms with van der Waals surface area (Å²) >= 11 is 0. The van der Waals surface area contributed by atoms with E-state index in [9.17, 15) is 5.11 Å². The fourth-order valence-corrected chi connectivity index (χ4v) is 2.78. The highest BCUT2D eigenvalue weighted by Crippen LogP contribution is 2.21. The maximum Gasteiger partial charge on any atom is 0.138 e. The van der Waals surface area contributed by atoms with Gasteiger partial charge in [0.2, 0.25) is 0 Å². The van der Waals surface area contributed by atoms with Crippen LogP contribution < -0.4 is 10.1 Å². The number of rotatable bonds is 6. The molecular weight excluding hydrogens is 278 g/mol. The molecule has 0 spiro atoms. The average molecular weight is 307 g/mol. The number of pyridine rings is 1. The normalized spacial score (nSPS) is 19.1. The van der Waals surface area contributed by atoms with Gasteiger partial charge < -0.3 is 20.1 Å². The molecule has 1 aromatic rings. The molecule has 2 rings (SSSR count). The quantitative estimate of drug-likeness (QED) is 0.841. The van der Waals surface area contributed by atoms with Crippen molar-refractivity contribution in [3.05, 3.63) is 24.0 Å². The molecule has 2 unspecified atom stereocenters. The van der Waals surface area contributed by atoms with E-state index in [0.29, 0.717) is 5.69 Å². The zero-order chi connectivity index (χ0) is 16.2. The molecule has 2 heterocycles. The average Bonchev–Trinajstić information content (AvgIpc) is 2.96. The molecule has 1 saturated heterocycles. The highest BCUT2D eigenvalue weighted by atomic mass is 16.5. The van der Waals surface area contributed by atoms with E-state index in [1.54, 1.807) is 6.20 Å². The molecule has 2 N–H and O–H groups in total. The van der Waals surface area contributed by atoms with Crippen LogP contribution in [0.2, 0.25) is 0 Å². The number of nitrogens with zero attached hydrogens (tertiary/aromatic N) is 2. The minimum Gasteiger partial charge on any atom is -0.487 e. The molecule has 0 radical (unpaired) electrons. The third-order valence-corrected chi connectivity index (χ3v) is 3.89. The van der Waals surface area contributed by atoms with Crippen LogP contribution in [0.15, 0.2) is 18.3 Å². The van der Waals surface area contributed by atoms with Gasteiger partial charge in [-0.05, 0) is 65.9 Å². The number of aromatic nitrogens is 1. The van der Waals surface area contributed by atoms with Gasteiger partial charge in [0, 0.05) is 6.54 Å². The minimum atomic E-state index is -0.616. The summed E-state index contributed by atoms with van der Waals surface area (Å²) in [5.41, 5.74) is 0.435. The Labute approximate surface area is 133 Å². The number of aliphatic hydroxyl groups is 1. The van der Waals surface area contributed by atoms with Crippen LogP contribution in [0.4, 0.5) is 0 Å². The summed E-state index contributed by atoms with van der Waals surface area (Å²) in [7, 11) is 1.89. The van der Waals surface area contributed by atoms with Gasteiger partial charge in [0.05, 0.1) is 17.9 Å². The van der Waals surface area contributed by atoms with Crippen LogP contribution in [-0.4, -0.2) is 53.3 Å². The Kier molecular flexibility index (Phi) is 5.78. The Morgan fingerprint density at radius 2 is 2.00 bits per heavy atom. The summed E-state index contributed by atoms with van der Waals surface area (Å²) in [5, 5.41) is 13.8. The lowest BCUT2D eigenvalue weighted by Gasteiger charge is -2.27. The van der Waals surface area contributed by atoms with Crippen molar-refractivity contribution in [2.75, 3.05) is 26.7 Å². The van der Waals surface area contributed by atoms with E-state index in [1.165, 1.54) is 12.8 Å². The third-order valence-electron chi connectivity index (χ3n) is 3.89. The zero-order valence-corrected chi connectivity index (χ0v) is 14.2. The molecule has 22 heavy (non-hydrogen) atoms. The Morgan fingerprint density at radius 1 is 1.32 bits per heavy atom. The third kappa shape index (κ3) is 4.93. The highest BCUT2D eigenvalue weighted by molar-refractivity contribution is 5.22. The van der Waals surface area contributed by atoms with Crippen molar-refractivity contribution >= 4 is 0 Å². The molecule has 1 aromatic heterocycles. The zero-order valence-electron chi connectivity index (χ0n) is 14.2. The van der Waals surface area contributed by atoms with Crippen LogP contribution in [0.1, 0.15) is 45.4 Å². The Bertz CT molecular complexity index is 450. The van der Waals surface area contributed by atoms with Gasteiger partial charge in [-0.3, -0.25) is 4.98 Å². The van der Waals surface area contributed by atoms with Crippen LogP contribution in [0, 0.1) is 0 Å². The van der Waals surface area contributed by atoms with Gasteiger partial charge in [-0.25, -0.2) is 0 Å². The molecule has 2 atom stereocenters. The lowest BCUT2D eigenvalue weighted by atomic mass is 10.1. The predicted molar refractivity (Wildman–Crippen MR) is 88.1 cm³/mol. The van der Waals surface area contributed by atoms with E-state index in [4.69, 9.17) is 4.74 Å². The monoisotopic (exact) mass is 307 g/mol. The molecule has 0 aliphatic carbocycles. The number of likely N-dealkylation sites (tertiary alicyclic amines) is 1. The fraction of sp³-hybridized carbons (Fsp3) is 0.706. The molecule has 5 nitrogen and oxygen atoms in total. The van der Waals surface area contributed by atoms with Crippen molar-refractivity contribution in [2.45, 2.75) is 51.4 Å². The first-order chi connectivity index (χ1) is 10.4. The van der Waals surface area contributed by atoms with Gasteiger partial charge in [-0.15, -0.1) is 0 Å². The topological polar surface area (TPSA) is 57.6 Å². The number of hydrogen-bond acceptors (Lipinski definition) is 5. The summed E-state index contributed by atoms with van der Waals surface area (Å²) in [4.78, 5) is 6.76. The maximum absolute atomic E-state index is 10.6. The molecule has 0 bridgehead atoms. The van der Waals surface area contributed by atoms with Crippen LogP contribution in [0.5, 0.6) is 5.75 Å². The molecule has 0 aromatic carbocycles. The van der Waals surface area contributed by atoms with Gasteiger partial charge in [-0.1, -0.05) is 0 Å². The molecule has 124 valence electrons. The summed E-state index contributed by atoms with van der Waals surface area (Å²) < 4.78 is 5.76. The van der Waals surface area contributed by atoms with Crippen molar-refractivity contribution in [3.8, 4) is 5.75 Å². The molecule has 1 aliphatic heterocycles. The van der Waals surface area contributed by atoms with Crippen LogP contribution in [0.3, 0.4) is 0 Å². The van der Waals surface area contributed by atoms with Gasteiger partial charge in [-0.2, -0.15) is 0 Å². The first-order valence-electron chi connectivity index (χ1n) is 8.12. The number of nitrogens with one attached hydrogen (secondary N) is 1. The van der Waals surface area contributed by atoms with Gasteiger partial charge in [0.1, 0.15) is 17.5 Å². The standard InChI is InChI=1S/C17H29N3O2/c1-17(2,3)22-13-7-8-14(19-11-13)16(21)15(18-4)12-20-9-5-6-10-20/h7-8,11,15-16,18,21H,5-6,9-10,12H2,1-4H3. The molecule has 0 saturated carbocycles. The van der Waals surface area contributed by atoms with Crippen molar-refractivity contribution < 1.29 is 9.84 Å². The van der Waals surface area contributed by atoms with Crippen molar-refractivity contribution in [1.82, 2.24) is 15.2 Å². The van der Waals surface area contributed by atoms with E-state index < -0.39 is 6.10 Å². The van der Waals surface area contributed by atoms with Crippen LogP contribution >= 0.6 is 0 Å². The van der Waals surface area contributed by atoms with E-state index in [-0.39, 0.29) is 11.6 Å². The second kappa shape index (κ2) is 7.40. The first-order valence-corrected chi connectivity index (χ1v) is 8.12. The van der Waals surface area contributed by atoms with Gasteiger partial charge in [0.25, 0.3) is 0 Å². The maximum atomic E-state index is 10.6. The van der Waals surface area contributed by atoms with E-state index >= 15 is 0 Å². The fourth-order valence-electron chi connectivity index (χ4n) is 2.78. The van der Waals surface area contributed by atoms with E-state index in [0.717, 1.165) is 25.4 Å². The minimum absolute atomic E-state index is 0.0139. The first kappa shape index (κ1) is 17.2. The molecular formula is C17H29N3O2. The van der Waals surface area contributed by atoms with Crippen LogP contribution in [-0.2, 0) is 0 Å². The van der Waals surface area contributed by atoms with Gasteiger partial charge >= 0.3 is 0 Å². The lowest BCUT2D eigenvalue weighted by Crippen LogP contribution is -2.42. The van der Waals surface area contributed by atoms with Crippen molar-refractivity contribution in [1.29, 1.82) is 0 Å². The summed E-state index contributed by atoms with van der Waals surface area (Å²) in [6.45, 7) is 9.10. The van der Waals surface area contributed by atoms with E-state index in [1.807, 2.05) is 40.0 Å².